The van der Waals surface area contributed by atoms with Crippen LogP contribution in [0.15, 0.2) is 43.5 Å². The fourth-order valence-corrected chi connectivity index (χ4v) is 3.09. The van der Waals surface area contributed by atoms with Gasteiger partial charge in [-0.1, -0.05) is 18.2 Å². The number of urea groups is 2. The number of hydrogen-bond donors (Lipinski definition) is 4. The minimum atomic E-state index is -0.651. The number of carbonyl (C=O) groups excluding carboxylic acids is 4. The average molecular weight is 413 g/mol. The Morgan fingerprint density at radius 1 is 0.867 bits per heavy atom. The first kappa shape index (κ1) is 22.7. The van der Waals surface area contributed by atoms with Crippen molar-refractivity contribution in [3.8, 4) is 0 Å². The van der Waals surface area contributed by atoms with E-state index in [4.69, 9.17) is 0 Å². The van der Waals surface area contributed by atoms with Crippen molar-refractivity contribution in [3.05, 3.63) is 54.6 Å². The van der Waals surface area contributed by atoms with Crippen LogP contribution in [-0.2, 0) is 22.4 Å². The highest BCUT2D eigenvalue weighted by Crippen LogP contribution is 2.26. The van der Waals surface area contributed by atoms with Crippen molar-refractivity contribution < 1.29 is 19.2 Å². The largest absolute Gasteiger partial charge is 0.353 e. The molecule has 0 heterocycles. The SMILES string of the molecule is C=CCNC(=O)NC(=O)CN(CC(=O)NC(=O)NCC=C)c1ccc2c(c1)CCC2. The highest BCUT2D eigenvalue weighted by atomic mass is 16.2. The predicted octanol–water partition coefficient (Wildman–Crippen LogP) is 1.01. The van der Waals surface area contributed by atoms with Crippen molar-refractivity contribution in [2.45, 2.75) is 19.3 Å². The van der Waals surface area contributed by atoms with Crippen molar-refractivity contribution >= 4 is 29.6 Å². The third-order valence-electron chi connectivity index (χ3n) is 4.44. The average Bonchev–Trinajstić information content (AvgIpc) is 3.17. The fourth-order valence-electron chi connectivity index (χ4n) is 3.09. The van der Waals surface area contributed by atoms with E-state index in [1.165, 1.54) is 28.2 Å². The summed E-state index contributed by atoms with van der Waals surface area (Å²) >= 11 is 0. The molecule has 9 nitrogen and oxygen atoms in total. The molecule has 0 aromatic heterocycles. The highest BCUT2D eigenvalue weighted by molar-refractivity contribution is 5.99. The van der Waals surface area contributed by atoms with Crippen LogP contribution >= 0.6 is 0 Å². The monoisotopic (exact) mass is 413 g/mol. The third kappa shape index (κ3) is 7.08. The summed E-state index contributed by atoms with van der Waals surface area (Å²) in [6.45, 7) is 6.94. The zero-order chi connectivity index (χ0) is 21.9. The molecule has 160 valence electrons. The Kier molecular flexibility index (Phi) is 8.61. The molecule has 6 amide bonds. The van der Waals surface area contributed by atoms with Gasteiger partial charge in [0, 0.05) is 18.8 Å². The van der Waals surface area contributed by atoms with Gasteiger partial charge in [0.2, 0.25) is 11.8 Å². The van der Waals surface area contributed by atoms with Gasteiger partial charge in [-0.15, -0.1) is 13.2 Å². The minimum Gasteiger partial charge on any atom is -0.353 e. The van der Waals surface area contributed by atoms with Crippen LogP contribution in [0.4, 0.5) is 15.3 Å². The number of rotatable bonds is 9. The van der Waals surface area contributed by atoms with Gasteiger partial charge in [0.25, 0.3) is 0 Å². The van der Waals surface area contributed by atoms with Crippen LogP contribution in [0.3, 0.4) is 0 Å². The number of benzene rings is 1. The maximum absolute atomic E-state index is 12.3. The minimum absolute atomic E-state index is 0.218. The summed E-state index contributed by atoms with van der Waals surface area (Å²) in [6, 6.07) is 4.46. The number of imide groups is 2. The molecule has 0 atom stereocenters. The Morgan fingerprint density at radius 3 is 1.93 bits per heavy atom. The number of aryl methyl sites for hydroxylation is 2. The van der Waals surface area contributed by atoms with Crippen LogP contribution in [0.5, 0.6) is 0 Å². The topological polar surface area (TPSA) is 120 Å². The van der Waals surface area contributed by atoms with Crippen LogP contribution < -0.4 is 26.2 Å². The number of nitrogens with zero attached hydrogens (tertiary/aromatic N) is 1. The van der Waals surface area contributed by atoms with E-state index < -0.39 is 23.9 Å². The maximum atomic E-state index is 12.3. The summed E-state index contributed by atoms with van der Waals surface area (Å²) in [5, 5.41) is 9.32. The summed E-state index contributed by atoms with van der Waals surface area (Å²) in [7, 11) is 0. The van der Waals surface area contributed by atoms with E-state index in [2.05, 4.69) is 34.4 Å². The number of hydrogen-bond acceptors (Lipinski definition) is 5. The molecule has 0 unspecified atom stereocenters. The molecule has 1 aromatic rings. The lowest BCUT2D eigenvalue weighted by molar-refractivity contribution is -0.119. The van der Waals surface area contributed by atoms with Gasteiger partial charge in [0.1, 0.15) is 0 Å². The first-order valence-corrected chi connectivity index (χ1v) is 9.66. The molecule has 0 bridgehead atoms. The number of amides is 6. The van der Waals surface area contributed by atoms with Gasteiger partial charge in [-0.3, -0.25) is 20.2 Å². The Bertz CT molecular complexity index is 797. The Labute approximate surface area is 175 Å². The van der Waals surface area contributed by atoms with Gasteiger partial charge >= 0.3 is 12.1 Å². The van der Waals surface area contributed by atoms with E-state index in [1.54, 1.807) is 0 Å². The van der Waals surface area contributed by atoms with E-state index in [0.717, 1.165) is 19.3 Å². The van der Waals surface area contributed by atoms with Crippen molar-refractivity contribution in [2.75, 3.05) is 31.1 Å². The molecule has 4 N–H and O–H groups in total. The summed E-state index contributed by atoms with van der Waals surface area (Å²) in [5.41, 5.74) is 3.09. The number of carbonyl (C=O) groups is 4. The molecule has 1 aliphatic carbocycles. The highest BCUT2D eigenvalue weighted by Gasteiger charge is 2.20. The lowest BCUT2D eigenvalue weighted by atomic mass is 10.1. The maximum Gasteiger partial charge on any atom is 0.321 e. The summed E-state index contributed by atoms with van der Waals surface area (Å²) in [4.78, 5) is 49.6. The summed E-state index contributed by atoms with van der Waals surface area (Å²) in [6.07, 6.45) is 5.98. The van der Waals surface area contributed by atoms with Gasteiger partial charge in [0.15, 0.2) is 0 Å². The van der Waals surface area contributed by atoms with Crippen LogP contribution in [0.1, 0.15) is 17.5 Å². The molecule has 0 saturated heterocycles. The first-order valence-electron chi connectivity index (χ1n) is 9.66. The Hall–Kier alpha value is -3.62. The molecule has 1 aromatic carbocycles. The van der Waals surface area contributed by atoms with Gasteiger partial charge in [0.05, 0.1) is 13.1 Å². The Balaban J connectivity index is 2.08. The lowest BCUT2D eigenvalue weighted by Crippen LogP contribution is -2.48. The number of nitrogens with one attached hydrogen (secondary N) is 4. The zero-order valence-electron chi connectivity index (χ0n) is 16.8. The number of fused-ring (bicyclic) bond motifs is 1. The normalized spacial score (nSPS) is 11.6. The molecule has 0 saturated carbocycles. The molecule has 30 heavy (non-hydrogen) atoms. The molecule has 9 heteroatoms. The molecule has 0 fully saturated rings. The second-order valence-electron chi connectivity index (χ2n) is 6.76. The van der Waals surface area contributed by atoms with Gasteiger partial charge in [-0.2, -0.15) is 0 Å². The van der Waals surface area contributed by atoms with Crippen molar-refractivity contribution in [1.29, 1.82) is 0 Å². The van der Waals surface area contributed by atoms with Gasteiger partial charge in [-0.25, -0.2) is 9.59 Å². The molecular weight excluding hydrogens is 386 g/mol. The fraction of sp³-hybridized carbons (Fsp3) is 0.333. The number of anilines is 1. The smallest absolute Gasteiger partial charge is 0.321 e. The lowest BCUT2D eigenvalue weighted by Gasteiger charge is -2.24. The molecule has 2 rings (SSSR count). The molecule has 0 spiro atoms. The molecular formula is C21H27N5O4. The van der Waals surface area contributed by atoms with Gasteiger partial charge in [-0.05, 0) is 42.5 Å². The molecule has 1 aliphatic rings. The third-order valence-corrected chi connectivity index (χ3v) is 4.44. The van der Waals surface area contributed by atoms with E-state index in [-0.39, 0.29) is 26.2 Å². The Morgan fingerprint density at radius 2 is 1.40 bits per heavy atom. The second-order valence-corrected chi connectivity index (χ2v) is 6.76. The quantitative estimate of drug-likeness (QED) is 0.451. The van der Waals surface area contributed by atoms with Crippen molar-refractivity contribution in [1.82, 2.24) is 21.3 Å². The molecule has 0 aliphatic heterocycles. The summed E-state index contributed by atoms with van der Waals surface area (Å²) < 4.78 is 0. The van der Waals surface area contributed by atoms with Gasteiger partial charge < -0.3 is 15.5 Å². The van der Waals surface area contributed by atoms with Crippen molar-refractivity contribution in [2.24, 2.45) is 0 Å². The van der Waals surface area contributed by atoms with E-state index in [0.29, 0.717) is 5.69 Å². The van der Waals surface area contributed by atoms with Crippen molar-refractivity contribution in [3.63, 3.8) is 0 Å². The van der Waals surface area contributed by atoms with Crippen LogP contribution in [0.2, 0.25) is 0 Å². The van der Waals surface area contributed by atoms with E-state index in [1.807, 2.05) is 18.2 Å². The molecule has 0 radical (unpaired) electrons. The summed E-state index contributed by atoms with van der Waals surface area (Å²) in [5.74, 6) is -1.16. The van der Waals surface area contributed by atoms with Crippen LogP contribution in [-0.4, -0.2) is 50.1 Å². The first-order chi connectivity index (χ1) is 14.4. The van der Waals surface area contributed by atoms with E-state index >= 15 is 0 Å². The second kappa shape index (κ2) is 11.4. The predicted molar refractivity (Wildman–Crippen MR) is 114 cm³/mol. The standard InChI is InChI=1S/C21H27N5O4/c1-3-10-22-20(29)24-18(27)13-26(14-19(28)25-21(30)23-11-4-2)17-9-8-15-6-5-7-16(15)12-17/h3-4,8-9,12H,1-2,5-7,10-11,13-14H2,(H2,22,24,27,29)(H2,23,25,28,30). The zero-order valence-corrected chi connectivity index (χ0v) is 16.8. The van der Waals surface area contributed by atoms with Crippen LogP contribution in [0, 0.1) is 0 Å². The van der Waals surface area contributed by atoms with Crippen LogP contribution in [0.25, 0.3) is 0 Å². The van der Waals surface area contributed by atoms with E-state index in [9.17, 15) is 19.2 Å².